The summed E-state index contributed by atoms with van der Waals surface area (Å²) in [5.74, 6) is 0.142. The third kappa shape index (κ3) is 2.26. The molecule has 5 heteroatoms. The van der Waals surface area contributed by atoms with Crippen molar-refractivity contribution < 1.29 is 8.42 Å². The lowest BCUT2D eigenvalue weighted by molar-refractivity contribution is 0.453. The molecule has 0 radical (unpaired) electrons. The van der Waals surface area contributed by atoms with Gasteiger partial charge in [0.25, 0.3) is 0 Å². The second-order valence-corrected chi connectivity index (χ2v) is 8.26. The normalized spacial score (nSPS) is 25.4. The molecule has 2 aromatic rings. The minimum absolute atomic E-state index is 0.000668. The number of hydrogen-bond acceptors (Lipinski definition) is 4. The molecular weight excluding hydrogens is 278 g/mol. The molecular formula is C14H13NO2S2. The van der Waals surface area contributed by atoms with Gasteiger partial charge in [-0.1, -0.05) is 18.2 Å². The number of fused-ring (bicyclic) bond motifs is 1. The van der Waals surface area contributed by atoms with E-state index in [0.717, 1.165) is 10.9 Å². The van der Waals surface area contributed by atoms with Crippen LogP contribution in [0.1, 0.15) is 12.0 Å². The van der Waals surface area contributed by atoms with E-state index in [1.165, 1.54) is 4.70 Å². The zero-order chi connectivity index (χ0) is 13.5. The molecule has 0 aliphatic carbocycles. The van der Waals surface area contributed by atoms with Crippen molar-refractivity contribution in [2.45, 2.75) is 12.8 Å². The SMILES string of the molecule is N#CC1(Cc2csc3ccccc23)CCS(=O)(=O)C1. The van der Waals surface area contributed by atoms with Crippen molar-refractivity contribution in [3.05, 3.63) is 35.2 Å². The van der Waals surface area contributed by atoms with Gasteiger partial charge in [0, 0.05) is 4.70 Å². The highest BCUT2D eigenvalue weighted by molar-refractivity contribution is 7.91. The first-order valence-electron chi connectivity index (χ1n) is 6.10. The summed E-state index contributed by atoms with van der Waals surface area (Å²) in [5, 5.41) is 12.6. The van der Waals surface area contributed by atoms with Gasteiger partial charge in [-0.05, 0) is 35.2 Å². The van der Waals surface area contributed by atoms with E-state index >= 15 is 0 Å². The van der Waals surface area contributed by atoms with Crippen LogP contribution in [0, 0.1) is 16.7 Å². The Hall–Kier alpha value is -1.38. The Morgan fingerprint density at radius 2 is 2.16 bits per heavy atom. The molecule has 0 spiro atoms. The third-order valence-corrected chi connectivity index (χ3v) is 6.55. The lowest BCUT2D eigenvalue weighted by atomic mass is 9.83. The van der Waals surface area contributed by atoms with Crippen LogP contribution in [0.15, 0.2) is 29.6 Å². The van der Waals surface area contributed by atoms with Crippen LogP contribution in [0.25, 0.3) is 10.1 Å². The Labute approximate surface area is 116 Å². The van der Waals surface area contributed by atoms with Crippen molar-refractivity contribution in [2.24, 2.45) is 5.41 Å². The smallest absolute Gasteiger partial charge is 0.151 e. The van der Waals surface area contributed by atoms with Crippen LogP contribution in [0.4, 0.5) is 0 Å². The van der Waals surface area contributed by atoms with Gasteiger partial charge in [-0.25, -0.2) is 8.42 Å². The predicted molar refractivity (Wildman–Crippen MR) is 76.8 cm³/mol. The van der Waals surface area contributed by atoms with E-state index in [4.69, 9.17) is 0 Å². The van der Waals surface area contributed by atoms with Crippen molar-refractivity contribution in [3.63, 3.8) is 0 Å². The van der Waals surface area contributed by atoms with E-state index in [-0.39, 0.29) is 11.5 Å². The molecule has 1 aromatic carbocycles. The fourth-order valence-electron chi connectivity index (χ4n) is 2.72. The molecule has 3 nitrogen and oxygen atoms in total. The van der Waals surface area contributed by atoms with Crippen LogP contribution in [0.3, 0.4) is 0 Å². The number of thiophene rings is 1. The van der Waals surface area contributed by atoms with Crippen LogP contribution in [-0.4, -0.2) is 19.9 Å². The molecule has 1 aromatic heterocycles. The van der Waals surface area contributed by atoms with Crippen LogP contribution in [0.2, 0.25) is 0 Å². The van der Waals surface area contributed by atoms with Crippen molar-refractivity contribution in [1.29, 1.82) is 5.26 Å². The molecule has 1 atom stereocenters. The summed E-state index contributed by atoms with van der Waals surface area (Å²) in [6.07, 6.45) is 0.989. The molecule has 1 unspecified atom stereocenters. The summed E-state index contributed by atoms with van der Waals surface area (Å²) in [7, 11) is -3.04. The molecule has 98 valence electrons. The summed E-state index contributed by atoms with van der Waals surface area (Å²) >= 11 is 1.65. The zero-order valence-corrected chi connectivity index (χ0v) is 11.9. The van der Waals surface area contributed by atoms with Gasteiger partial charge in [-0.15, -0.1) is 11.3 Å². The summed E-state index contributed by atoms with van der Waals surface area (Å²) in [6, 6.07) is 10.3. The van der Waals surface area contributed by atoms with E-state index in [2.05, 4.69) is 11.4 Å². The molecule has 0 N–H and O–H groups in total. The monoisotopic (exact) mass is 291 g/mol. The Morgan fingerprint density at radius 1 is 1.37 bits per heavy atom. The van der Waals surface area contributed by atoms with Gasteiger partial charge < -0.3 is 0 Å². The largest absolute Gasteiger partial charge is 0.229 e. The van der Waals surface area contributed by atoms with E-state index < -0.39 is 15.3 Å². The Kier molecular flexibility index (Phi) is 2.88. The average molecular weight is 291 g/mol. The number of nitriles is 1. The van der Waals surface area contributed by atoms with E-state index in [0.29, 0.717) is 12.8 Å². The fourth-order valence-corrected chi connectivity index (χ4v) is 5.68. The summed E-state index contributed by atoms with van der Waals surface area (Å²) in [5.41, 5.74) is 0.363. The zero-order valence-electron chi connectivity index (χ0n) is 10.3. The standard InChI is InChI=1S/C14H13NO2S2/c15-9-14(5-6-19(16,17)10-14)7-11-8-18-13-4-2-1-3-12(11)13/h1-4,8H,5-7,10H2. The van der Waals surface area contributed by atoms with Crippen LogP contribution in [0.5, 0.6) is 0 Å². The van der Waals surface area contributed by atoms with Gasteiger partial charge in [0.05, 0.1) is 23.0 Å². The first-order valence-corrected chi connectivity index (χ1v) is 8.81. The molecule has 1 aliphatic rings. The predicted octanol–water partition coefficient (Wildman–Crippen LogP) is 2.77. The van der Waals surface area contributed by atoms with E-state index in [1.807, 2.05) is 24.3 Å². The highest BCUT2D eigenvalue weighted by Gasteiger charge is 2.42. The minimum atomic E-state index is -3.04. The average Bonchev–Trinajstić information content (AvgIpc) is 2.93. The van der Waals surface area contributed by atoms with Gasteiger partial charge >= 0.3 is 0 Å². The summed E-state index contributed by atoms with van der Waals surface area (Å²) in [6.45, 7) is 0. The van der Waals surface area contributed by atoms with Gasteiger partial charge in [0.2, 0.25) is 0 Å². The number of benzene rings is 1. The Morgan fingerprint density at radius 3 is 2.84 bits per heavy atom. The molecule has 2 heterocycles. The fraction of sp³-hybridized carbons (Fsp3) is 0.357. The molecule has 3 rings (SSSR count). The van der Waals surface area contributed by atoms with Gasteiger partial charge in [0.1, 0.15) is 0 Å². The van der Waals surface area contributed by atoms with Gasteiger partial charge in [-0.3, -0.25) is 0 Å². The molecule has 1 saturated heterocycles. The van der Waals surface area contributed by atoms with Crippen LogP contribution in [-0.2, 0) is 16.3 Å². The highest BCUT2D eigenvalue weighted by atomic mass is 32.2. The minimum Gasteiger partial charge on any atom is -0.229 e. The number of hydrogen-bond donors (Lipinski definition) is 0. The highest BCUT2D eigenvalue weighted by Crippen LogP contribution is 2.38. The van der Waals surface area contributed by atoms with Crippen LogP contribution >= 0.6 is 11.3 Å². The first-order chi connectivity index (χ1) is 9.04. The van der Waals surface area contributed by atoms with Crippen molar-refractivity contribution >= 4 is 31.3 Å². The topological polar surface area (TPSA) is 57.9 Å². The van der Waals surface area contributed by atoms with Crippen molar-refractivity contribution in [3.8, 4) is 6.07 Å². The lowest BCUT2D eigenvalue weighted by Crippen LogP contribution is -2.23. The molecule has 1 aliphatic heterocycles. The van der Waals surface area contributed by atoms with Gasteiger partial charge in [0.15, 0.2) is 9.84 Å². The first kappa shape index (κ1) is 12.6. The van der Waals surface area contributed by atoms with Gasteiger partial charge in [-0.2, -0.15) is 5.26 Å². The second kappa shape index (κ2) is 4.32. The molecule has 1 fully saturated rings. The van der Waals surface area contributed by atoms with Crippen molar-refractivity contribution in [1.82, 2.24) is 0 Å². The molecule has 0 saturated carbocycles. The molecule has 0 bridgehead atoms. The van der Waals surface area contributed by atoms with Crippen molar-refractivity contribution in [2.75, 3.05) is 11.5 Å². The maximum atomic E-state index is 11.6. The summed E-state index contributed by atoms with van der Waals surface area (Å²) < 4.78 is 24.5. The molecule has 19 heavy (non-hydrogen) atoms. The lowest BCUT2D eigenvalue weighted by Gasteiger charge is -2.17. The Balaban J connectivity index is 1.99. The summed E-state index contributed by atoms with van der Waals surface area (Å²) in [4.78, 5) is 0. The van der Waals surface area contributed by atoms with Crippen LogP contribution < -0.4 is 0 Å². The maximum absolute atomic E-state index is 11.6. The third-order valence-electron chi connectivity index (χ3n) is 3.72. The maximum Gasteiger partial charge on any atom is 0.151 e. The second-order valence-electron chi connectivity index (χ2n) is 5.17. The number of sulfone groups is 1. The number of nitrogens with zero attached hydrogens (tertiary/aromatic N) is 1. The quantitative estimate of drug-likeness (QED) is 0.855. The number of rotatable bonds is 2. The van der Waals surface area contributed by atoms with E-state index in [9.17, 15) is 13.7 Å². The Bertz CT molecular complexity index is 770. The molecule has 0 amide bonds. The van der Waals surface area contributed by atoms with E-state index in [1.54, 1.807) is 11.3 Å².